The molecule has 6 aliphatic rings. The first-order valence-corrected chi connectivity index (χ1v) is 26.7. The Hall–Kier alpha value is 4.02. The van der Waals surface area contributed by atoms with Crippen molar-refractivity contribution in [1.82, 2.24) is 0 Å². The summed E-state index contributed by atoms with van der Waals surface area (Å²) in [6, 6.07) is 13.0. The van der Waals surface area contributed by atoms with Gasteiger partial charge >= 0.3 is 152 Å². The van der Waals surface area contributed by atoms with Crippen molar-refractivity contribution in [2.75, 3.05) is 0 Å². The van der Waals surface area contributed by atoms with Crippen LogP contribution in [0.4, 0.5) is 0 Å². The second-order valence-electron chi connectivity index (χ2n) is 28.5. The van der Waals surface area contributed by atoms with Gasteiger partial charge in [-0.15, -0.1) is 66.5 Å². The van der Waals surface area contributed by atoms with Crippen LogP contribution in [0.2, 0.25) is 0 Å². The molecule has 0 aliphatic carbocycles. The molecule has 6 nitrogen and oxygen atoms in total. The van der Waals surface area contributed by atoms with E-state index in [0.717, 1.165) is 0 Å². The van der Waals surface area contributed by atoms with Crippen LogP contribution in [0.1, 0.15) is 282 Å². The van der Waals surface area contributed by atoms with Crippen LogP contribution in [-0.2, 0) is 34.1 Å². The molecule has 72 heavy (non-hydrogen) atoms. The largest absolute Gasteiger partial charge is 2.00 e. The van der Waals surface area contributed by atoms with Gasteiger partial charge in [0.15, 0.2) is 0 Å². The van der Waals surface area contributed by atoms with Gasteiger partial charge in [-0.3, -0.25) is 24.3 Å². The summed E-state index contributed by atoms with van der Waals surface area (Å²) in [6.07, 6.45) is 23.1. The Morgan fingerprint density at radius 1 is 0.208 bits per heavy atom. The fourth-order valence-electron chi connectivity index (χ4n) is 11.6. The van der Waals surface area contributed by atoms with Crippen molar-refractivity contribution < 1.29 is 152 Å². The molecule has 0 spiro atoms. The normalized spacial score (nSPS) is 25.7. The van der Waals surface area contributed by atoms with Crippen LogP contribution in [0.5, 0.6) is 0 Å². The summed E-state index contributed by atoms with van der Waals surface area (Å²) in [5, 5.41) is 28.5. The van der Waals surface area contributed by atoms with Crippen LogP contribution in [0.15, 0.2) is 24.3 Å². The summed E-state index contributed by atoms with van der Waals surface area (Å²) in [7, 11) is 0. The maximum absolute atomic E-state index is 4.75. The maximum atomic E-state index is 4.75. The van der Waals surface area contributed by atoms with E-state index >= 15 is 0 Å². The quantitative estimate of drug-likeness (QED) is 0.187. The van der Waals surface area contributed by atoms with Gasteiger partial charge in [0.1, 0.15) is 0 Å². The van der Waals surface area contributed by atoms with Gasteiger partial charge in [-0.2, -0.15) is 0 Å². The Kier molecular flexibility index (Phi) is 44.3. The van der Waals surface area contributed by atoms with Crippen molar-refractivity contribution in [3.05, 3.63) is 68.3 Å². The van der Waals surface area contributed by atoms with Crippen LogP contribution < -0.4 is 118 Å². The van der Waals surface area contributed by atoms with Crippen molar-refractivity contribution >= 4 is 0 Å². The summed E-state index contributed by atoms with van der Waals surface area (Å²) >= 11 is 0. The number of hydrogen-bond acceptors (Lipinski definition) is 0. The molecule has 1 aromatic carbocycles. The Labute approximate surface area is 561 Å². The molecule has 0 atom stereocenters. The monoisotopic (exact) mass is 1120 g/mol. The molecule has 6 aliphatic heterocycles. The van der Waals surface area contributed by atoms with E-state index < -0.39 is 0 Å². The average Bonchev–Trinajstić information content (AvgIpc) is 3.04. The SMILES string of the molecule is CC1(C)CCCC(C)(C)[N-]1.CC1(C)CCCC(C)(C)[N-]1.CC1(C)CCCC(C)(C)[N-]1.CC1(C)CCCC(C)(C)[N-]1.CC1(C)CCCC(C)(C)[N-]1.CC1(C)CCCC(C)(C)[N-]1.[Mn+2].[Mn+2].[Na+].[Na+].[Na+].[Na+].[c-]1cc[c-]cc1. The fourth-order valence-corrected chi connectivity index (χ4v) is 11.6. The second-order valence-corrected chi connectivity index (χ2v) is 28.5. The summed E-state index contributed by atoms with van der Waals surface area (Å²) < 4.78 is 0. The third kappa shape index (κ3) is 44.6. The molecule has 0 aromatic heterocycles. The first-order chi connectivity index (χ1) is 29.5. The van der Waals surface area contributed by atoms with Crippen molar-refractivity contribution in [2.24, 2.45) is 0 Å². The summed E-state index contributed by atoms with van der Waals surface area (Å²) in [5.41, 5.74) is 2.85. The predicted molar refractivity (Wildman–Crippen MR) is 296 cm³/mol. The molecule has 12 heteroatoms. The standard InChI is InChI=1S/6C9H18N.C6H4.2Mn.4Na/c6*1-8(2)6-5-7-9(3,4)10-8;1-2-4-6-5-3-1;;;;;;/h6*5-7H2,1-4H3;1-2,5-6H;;;;;;/q6*-1;-2;2*+2;4*+1. The van der Waals surface area contributed by atoms with Gasteiger partial charge in [0.05, 0.1) is 0 Å². The molecular weight excluding hydrogens is 1010 g/mol. The molecule has 0 saturated carbocycles. The molecule has 2 radical (unpaired) electrons. The minimum Gasteiger partial charge on any atom is -0.652 e. The molecule has 0 N–H and O–H groups in total. The third-order valence-electron chi connectivity index (χ3n) is 13.6. The topological polar surface area (TPSA) is 84.6 Å². The van der Waals surface area contributed by atoms with Gasteiger partial charge in [0, 0.05) is 0 Å². The van der Waals surface area contributed by atoms with E-state index in [-0.39, 0.29) is 219 Å². The molecular formula is C60H112Mn2N6Na4. The first-order valence-electron chi connectivity index (χ1n) is 26.7. The molecule has 0 amide bonds. The van der Waals surface area contributed by atoms with E-state index in [1.807, 2.05) is 24.3 Å². The van der Waals surface area contributed by atoms with E-state index in [1.165, 1.54) is 116 Å². The maximum Gasteiger partial charge on any atom is 2.00 e. The van der Waals surface area contributed by atoms with Crippen LogP contribution in [-0.4, -0.2) is 66.5 Å². The molecule has 6 heterocycles. The predicted octanol–water partition coefficient (Wildman–Crippen LogP) is 7.91. The van der Waals surface area contributed by atoms with E-state index in [2.05, 4.69) is 178 Å². The molecule has 7 rings (SSSR count). The number of benzene rings is 1. The van der Waals surface area contributed by atoms with Crippen LogP contribution in [0.3, 0.4) is 0 Å². The zero-order chi connectivity index (χ0) is 51.2. The molecule has 6 fully saturated rings. The smallest absolute Gasteiger partial charge is 0.652 e. The van der Waals surface area contributed by atoms with Crippen LogP contribution in [0.25, 0.3) is 31.9 Å². The van der Waals surface area contributed by atoms with Crippen molar-refractivity contribution in [3.63, 3.8) is 0 Å². The number of piperidine rings is 6. The molecule has 0 bridgehead atoms. The minimum atomic E-state index is 0. The molecule has 0 unspecified atom stereocenters. The van der Waals surface area contributed by atoms with Crippen molar-refractivity contribution in [3.8, 4) is 0 Å². The summed E-state index contributed by atoms with van der Waals surface area (Å²) in [5.74, 6) is 0. The third-order valence-corrected chi connectivity index (χ3v) is 13.6. The van der Waals surface area contributed by atoms with Crippen LogP contribution in [0, 0.1) is 12.1 Å². The Bertz CT molecular complexity index is 1150. The number of nitrogens with zero attached hydrogens (tertiary/aromatic N) is 6. The van der Waals surface area contributed by atoms with Gasteiger partial charge in [-0.25, -0.2) is 0 Å². The molecule has 1 aromatic rings. The fraction of sp³-hybridized carbons (Fsp3) is 0.900. The van der Waals surface area contributed by atoms with Gasteiger partial charge in [0.2, 0.25) is 0 Å². The van der Waals surface area contributed by atoms with Crippen molar-refractivity contribution in [1.29, 1.82) is 0 Å². The van der Waals surface area contributed by atoms with Gasteiger partial charge in [-0.05, 0) is 0 Å². The van der Waals surface area contributed by atoms with E-state index in [9.17, 15) is 0 Å². The van der Waals surface area contributed by atoms with Crippen molar-refractivity contribution in [2.45, 2.75) is 348 Å². The minimum absolute atomic E-state index is 0. The molecule has 6 saturated heterocycles. The number of rotatable bonds is 0. The van der Waals surface area contributed by atoms with E-state index in [4.69, 9.17) is 31.9 Å². The Morgan fingerprint density at radius 2 is 0.292 bits per heavy atom. The number of hydrogen-bond donors (Lipinski definition) is 0. The molecule has 400 valence electrons. The zero-order valence-corrected chi connectivity index (χ0v) is 63.8. The van der Waals surface area contributed by atoms with E-state index in [0.29, 0.717) is 0 Å². The summed E-state index contributed by atoms with van der Waals surface area (Å²) in [4.78, 5) is 0. The Morgan fingerprint density at radius 3 is 0.333 bits per heavy atom. The Balaban J connectivity index is -0.000000175. The van der Waals surface area contributed by atoms with E-state index in [1.54, 1.807) is 0 Å². The average molecular weight is 1120 g/mol. The van der Waals surface area contributed by atoms with Gasteiger partial charge < -0.3 is 44.0 Å². The zero-order valence-electron chi connectivity index (χ0n) is 53.5. The van der Waals surface area contributed by atoms with Crippen LogP contribution >= 0.6 is 0 Å². The summed E-state index contributed by atoms with van der Waals surface area (Å²) in [6.45, 7) is 53.5. The van der Waals surface area contributed by atoms with Gasteiger partial charge in [-0.1, -0.05) is 282 Å². The second kappa shape index (κ2) is 36.6. The van der Waals surface area contributed by atoms with Gasteiger partial charge in [0.25, 0.3) is 0 Å². The first kappa shape index (κ1) is 87.3.